The molecule has 0 radical (unpaired) electrons. The van der Waals surface area contributed by atoms with E-state index >= 15 is 0 Å². The fourth-order valence-electron chi connectivity index (χ4n) is 2.50. The molecule has 0 aliphatic rings. The van der Waals surface area contributed by atoms with Crippen molar-refractivity contribution in [1.82, 2.24) is 0 Å². The lowest BCUT2D eigenvalue weighted by Gasteiger charge is -2.09. The average Bonchev–Trinajstić information content (AvgIpc) is 2.81. The summed E-state index contributed by atoms with van der Waals surface area (Å²) in [6.45, 7) is 10.8. The molecule has 0 amide bonds. The van der Waals surface area contributed by atoms with E-state index in [-0.39, 0.29) is 25.6 Å². The van der Waals surface area contributed by atoms with Crippen molar-refractivity contribution in [2.75, 3.05) is 52.9 Å². The van der Waals surface area contributed by atoms with Gasteiger partial charge >= 0.3 is 11.9 Å². The van der Waals surface area contributed by atoms with Crippen molar-refractivity contribution in [3.8, 4) is 11.5 Å². The van der Waals surface area contributed by atoms with Crippen molar-refractivity contribution in [3.05, 3.63) is 36.4 Å². The molecule has 8 heteroatoms. The van der Waals surface area contributed by atoms with Crippen molar-refractivity contribution in [1.29, 1.82) is 0 Å². The van der Waals surface area contributed by atoms with Gasteiger partial charge in [0.2, 0.25) is 0 Å². The van der Waals surface area contributed by atoms with Crippen LogP contribution in [0.15, 0.2) is 36.4 Å². The molecule has 0 N–H and O–H groups in total. The zero-order valence-corrected chi connectivity index (χ0v) is 20.0. The van der Waals surface area contributed by atoms with E-state index in [2.05, 4.69) is 13.5 Å². The Morgan fingerprint density at radius 3 is 2.06 bits per heavy atom. The molecule has 0 spiro atoms. The zero-order valence-electron chi connectivity index (χ0n) is 20.0. The summed E-state index contributed by atoms with van der Waals surface area (Å²) in [5.41, 5.74) is 0.338. The molecule has 1 aromatic carbocycles. The molecule has 0 fully saturated rings. The Bertz CT molecular complexity index is 689. The Morgan fingerprint density at radius 2 is 1.42 bits per heavy atom. The molecule has 0 unspecified atom stereocenters. The highest BCUT2D eigenvalue weighted by Crippen LogP contribution is 2.19. The first-order valence-corrected chi connectivity index (χ1v) is 11.5. The van der Waals surface area contributed by atoms with E-state index in [0.29, 0.717) is 51.6 Å². The normalized spacial score (nSPS) is 10.5. The number of unbranched alkanes of at least 4 members (excludes halogenated alkanes) is 1. The summed E-state index contributed by atoms with van der Waals surface area (Å²) < 4.78 is 32.2. The third-order valence-electron chi connectivity index (χ3n) is 4.20. The second kappa shape index (κ2) is 18.9. The Labute approximate surface area is 197 Å². The second-order valence-electron chi connectivity index (χ2n) is 7.34. The van der Waals surface area contributed by atoms with Crippen LogP contribution in [-0.2, 0) is 28.5 Å². The van der Waals surface area contributed by atoms with Gasteiger partial charge in [-0.05, 0) is 44.7 Å². The van der Waals surface area contributed by atoms with E-state index in [4.69, 9.17) is 28.4 Å². The summed E-state index contributed by atoms with van der Waals surface area (Å²) in [7, 11) is 0. The van der Waals surface area contributed by atoms with Gasteiger partial charge in [0.05, 0.1) is 26.4 Å². The molecule has 0 saturated carbocycles. The minimum Gasteiger partial charge on any atom is -0.493 e. The van der Waals surface area contributed by atoms with Gasteiger partial charge in [0.25, 0.3) is 0 Å². The maximum atomic E-state index is 11.6. The van der Waals surface area contributed by atoms with E-state index in [1.165, 1.54) is 0 Å². The number of hydrogen-bond acceptors (Lipinski definition) is 8. The van der Waals surface area contributed by atoms with Gasteiger partial charge in [-0.2, -0.15) is 0 Å². The molecule has 0 saturated heterocycles. The van der Waals surface area contributed by atoms with E-state index in [0.717, 1.165) is 30.8 Å². The van der Waals surface area contributed by atoms with Gasteiger partial charge in [-0.25, -0.2) is 4.79 Å². The lowest BCUT2D eigenvalue weighted by atomic mass is 10.3. The van der Waals surface area contributed by atoms with Gasteiger partial charge in [0.15, 0.2) is 0 Å². The van der Waals surface area contributed by atoms with E-state index < -0.39 is 5.97 Å². The Morgan fingerprint density at radius 1 is 0.788 bits per heavy atom. The van der Waals surface area contributed by atoms with E-state index in [9.17, 15) is 9.59 Å². The van der Waals surface area contributed by atoms with Crippen LogP contribution in [0.2, 0.25) is 0 Å². The molecule has 8 nitrogen and oxygen atoms in total. The number of esters is 2. The highest BCUT2D eigenvalue weighted by atomic mass is 16.6. The van der Waals surface area contributed by atoms with E-state index in [1.54, 1.807) is 6.92 Å². The van der Waals surface area contributed by atoms with Gasteiger partial charge in [-0.1, -0.05) is 19.6 Å². The molecule has 0 aromatic heterocycles. The molecule has 0 aliphatic carbocycles. The van der Waals surface area contributed by atoms with Crippen LogP contribution < -0.4 is 9.47 Å². The Hall–Kier alpha value is -2.58. The van der Waals surface area contributed by atoms with Crippen LogP contribution in [-0.4, -0.2) is 64.8 Å². The van der Waals surface area contributed by atoms with Crippen LogP contribution in [0.4, 0.5) is 0 Å². The molecule has 0 heterocycles. The molecule has 0 aliphatic heterocycles. The summed E-state index contributed by atoms with van der Waals surface area (Å²) in [6.07, 6.45) is 3.32. The summed E-state index contributed by atoms with van der Waals surface area (Å²) >= 11 is 0. The van der Waals surface area contributed by atoms with Crippen LogP contribution in [0.1, 0.15) is 46.0 Å². The summed E-state index contributed by atoms with van der Waals surface area (Å²) in [4.78, 5) is 22.8. The quantitative estimate of drug-likeness (QED) is 0.161. The summed E-state index contributed by atoms with van der Waals surface area (Å²) in [6, 6.07) is 7.60. The first-order chi connectivity index (χ1) is 16.0. The van der Waals surface area contributed by atoms with Crippen molar-refractivity contribution in [2.45, 2.75) is 46.0 Å². The molecule has 186 valence electrons. The van der Waals surface area contributed by atoms with Crippen LogP contribution >= 0.6 is 0 Å². The fourth-order valence-corrected chi connectivity index (χ4v) is 2.50. The summed E-state index contributed by atoms with van der Waals surface area (Å²) in [5.74, 6) is 0.800. The van der Waals surface area contributed by atoms with Crippen molar-refractivity contribution in [2.24, 2.45) is 0 Å². The van der Waals surface area contributed by atoms with Crippen LogP contribution in [0.5, 0.6) is 11.5 Å². The largest absolute Gasteiger partial charge is 0.493 e. The first-order valence-electron chi connectivity index (χ1n) is 11.5. The number of ether oxygens (including phenoxy) is 6. The van der Waals surface area contributed by atoms with Gasteiger partial charge in [-0.15, -0.1) is 0 Å². The molecule has 1 rings (SSSR count). The van der Waals surface area contributed by atoms with Gasteiger partial charge in [-0.3, -0.25) is 4.79 Å². The number of rotatable bonds is 20. The predicted octanol–water partition coefficient (Wildman–Crippen LogP) is 4.11. The molecular formula is C25H38O8. The maximum absolute atomic E-state index is 11.6. The number of carbonyl (C=O) groups is 2. The SMILES string of the molecule is C=C(C)C(=O)OCCCC(=O)OCCOCCCCOCCOc1cccc(OCCC)c1. The lowest BCUT2D eigenvalue weighted by molar-refractivity contribution is -0.147. The Kier molecular flexibility index (Phi) is 16.3. The van der Waals surface area contributed by atoms with Crippen molar-refractivity contribution >= 4 is 11.9 Å². The third kappa shape index (κ3) is 15.8. The molecule has 0 bridgehead atoms. The van der Waals surface area contributed by atoms with Gasteiger partial charge in [0, 0.05) is 31.3 Å². The smallest absolute Gasteiger partial charge is 0.333 e. The average molecular weight is 467 g/mol. The molecule has 0 atom stereocenters. The van der Waals surface area contributed by atoms with Gasteiger partial charge in [0.1, 0.15) is 24.7 Å². The third-order valence-corrected chi connectivity index (χ3v) is 4.20. The van der Waals surface area contributed by atoms with Crippen LogP contribution in [0, 0.1) is 0 Å². The highest BCUT2D eigenvalue weighted by molar-refractivity contribution is 5.86. The zero-order chi connectivity index (χ0) is 24.2. The monoisotopic (exact) mass is 466 g/mol. The molecule has 1 aromatic rings. The first kappa shape index (κ1) is 28.5. The Balaban J connectivity index is 1.87. The van der Waals surface area contributed by atoms with Crippen molar-refractivity contribution in [3.63, 3.8) is 0 Å². The fraction of sp³-hybridized carbons (Fsp3) is 0.600. The van der Waals surface area contributed by atoms with Crippen molar-refractivity contribution < 1.29 is 38.0 Å². The summed E-state index contributed by atoms with van der Waals surface area (Å²) in [5, 5.41) is 0. The molecule has 33 heavy (non-hydrogen) atoms. The van der Waals surface area contributed by atoms with Crippen LogP contribution in [0.25, 0.3) is 0 Å². The second-order valence-corrected chi connectivity index (χ2v) is 7.34. The number of carbonyl (C=O) groups excluding carboxylic acids is 2. The van der Waals surface area contributed by atoms with Gasteiger partial charge < -0.3 is 28.4 Å². The maximum Gasteiger partial charge on any atom is 0.333 e. The minimum absolute atomic E-state index is 0.173. The predicted molar refractivity (Wildman–Crippen MR) is 125 cm³/mol. The number of hydrogen-bond donors (Lipinski definition) is 0. The highest BCUT2D eigenvalue weighted by Gasteiger charge is 2.06. The lowest BCUT2D eigenvalue weighted by Crippen LogP contribution is -2.13. The minimum atomic E-state index is -0.450. The number of benzene rings is 1. The molecular weight excluding hydrogens is 428 g/mol. The topological polar surface area (TPSA) is 89.5 Å². The standard InChI is InChI=1S/C25H38O8/c1-4-12-30-22-9-7-10-23(20-22)31-18-16-28-13-5-6-14-29-17-19-32-24(26)11-8-15-33-25(27)21(2)3/h7,9-10,20H,2,4-6,8,11-19H2,1,3H3. The van der Waals surface area contributed by atoms with E-state index in [1.807, 2.05) is 24.3 Å². The van der Waals surface area contributed by atoms with Crippen LogP contribution in [0.3, 0.4) is 0 Å².